The number of hydrazone groups is 1. The highest BCUT2D eigenvalue weighted by molar-refractivity contribution is 6.39. The first-order valence-corrected chi connectivity index (χ1v) is 7.90. The summed E-state index contributed by atoms with van der Waals surface area (Å²) in [5, 5.41) is 16.9. The summed E-state index contributed by atoms with van der Waals surface area (Å²) in [6.45, 7) is 2.07. The molecule has 1 atom stereocenters. The monoisotopic (exact) mass is 331 g/mol. The molecule has 128 valence electrons. The average molecular weight is 331 g/mol. The molecular weight excluding hydrogens is 310 g/mol. The Labute approximate surface area is 140 Å². The predicted octanol–water partition coefficient (Wildman–Crippen LogP) is 1.53. The summed E-state index contributed by atoms with van der Waals surface area (Å²) in [6, 6.07) is 9.17. The van der Waals surface area contributed by atoms with E-state index in [9.17, 15) is 14.4 Å². The summed E-state index contributed by atoms with van der Waals surface area (Å²) in [4.78, 5) is 34.8. The van der Waals surface area contributed by atoms with Crippen molar-refractivity contribution in [3.05, 3.63) is 35.9 Å². The van der Waals surface area contributed by atoms with Crippen molar-refractivity contribution < 1.29 is 19.5 Å². The fourth-order valence-electron chi connectivity index (χ4n) is 2.36. The number of amides is 2. The SMILES string of the molecule is CC(CCC(=O)O)NC(=O)C1=NN(Cc2ccccc2)C(=O)CC1. The highest BCUT2D eigenvalue weighted by Gasteiger charge is 2.25. The van der Waals surface area contributed by atoms with Gasteiger partial charge in [-0.3, -0.25) is 14.4 Å². The third-order valence-corrected chi connectivity index (χ3v) is 3.71. The van der Waals surface area contributed by atoms with Crippen molar-refractivity contribution in [2.75, 3.05) is 0 Å². The van der Waals surface area contributed by atoms with Gasteiger partial charge in [0, 0.05) is 25.3 Å². The third-order valence-electron chi connectivity index (χ3n) is 3.71. The van der Waals surface area contributed by atoms with Gasteiger partial charge in [0.25, 0.3) is 5.91 Å². The van der Waals surface area contributed by atoms with Crippen LogP contribution in [0.1, 0.15) is 38.2 Å². The van der Waals surface area contributed by atoms with Gasteiger partial charge in [-0.05, 0) is 18.9 Å². The Morgan fingerprint density at radius 2 is 2.00 bits per heavy atom. The summed E-state index contributed by atoms with van der Waals surface area (Å²) in [5.41, 5.74) is 1.23. The van der Waals surface area contributed by atoms with Crippen molar-refractivity contribution in [1.29, 1.82) is 0 Å². The topological polar surface area (TPSA) is 99.1 Å². The molecule has 1 aliphatic rings. The lowest BCUT2D eigenvalue weighted by molar-refractivity contribution is -0.137. The van der Waals surface area contributed by atoms with Gasteiger partial charge in [-0.15, -0.1) is 0 Å². The smallest absolute Gasteiger partial charge is 0.303 e. The number of nitrogens with one attached hydrogen (secondary N) is 1. The van der Waals surface area contributed by atoms with Gasteiger partial charge in [-0.2, -0.15) is 5.10 Å². The zero-order chi connectivity index (χ0) is 17.5. The molecule has 1 aromatic carbocycles. The number of carboxylic acids is 1. The second-order valence-electron chi connectivity index (χ2n) is 5.79. The van der Waals surface area contributed by atoms with Crippen LogP contribution < -0.4 is 5.32 Å². The summed E-state index contributed by atoms with van der Waals surface area (Å²) in [5.74, 6) is -1.36. The Morgan fingerprint density at radius 3 is 2.67 bits per heavy atom. The highest BCUT2D eigenvalue weighted by atomic mass is 16.4. The summed E-state index contributed by atoms with van der Waals surface area (Å²) >= 11 is 0. The fourth-order valence-corrected chi connectivity index (χ4v) is 2.36. The Bertz CT molecular complexity index is 642. The minimum absolute atomic E-state index is 0.00740. The van der Waals surface area contributed by atoms with E-state index in [0.29, 0.717) is 25.1 Å². The molecule has 1 aromatic rings. The zero-order valence-electron chi connectivity index (χ0n) is 13.6. The van der Waals surface area contributed by atoms with Gasteiger partial charge >= 0.3 is 5.97 Å². The number of hydrogen-bond acceptors (Lipinski definition) is 4. The molecule has 0 radical (unpaired) electrons. The molecule has 1 unspecified atom stereocenters. The minimum atomic E-state index is -0.897. The van der Waals surface area contributed by atoms with Crippen molar-refractivity contribution in [2.45, 2.75) is 45.2 Å². The zero-order valence-corrected chi connectivity index (χ0v) is 13.6. The van der Waals surface area contributed by atoms with E-state index in [1.807, 2.05) is 30.3 Å². The number of aliphatic carboxylic acids is 1. The van der Waals surface area contributed by atoms with E-state index >= 15 is 0 Å². The molecule has 2 amide bonds. The van der Waals surface area contributed by atoms with Crippen LogP contribution in [0, 0.1) is 0 Å². The van der Waals surface area contributed by atoms with Gasteiger partial charge in [0.1, 0.15) is 5.71 Å². The van der Waals surface area contributed by atoms with Crippen LogP contribution in [0.2, 0.25) is 0 Å². The van der Waals surface area contributed by atoms with E-state index in [1.165, 1.54) is 5.01 Å². The normalized spacial score (nSPS) is 15.6. The number of carbonyl (C=O) groups excluding carboxylic acids is 2. The van der Waals surface area contributed by atoms with Crippen LogP contribution in [0.15, 0.2) is 35.4 Å². The second-order valence-corrected chi connectivity index (χ2v) is 5.79. The van der Waals surface area contributed by atoms with Crippen molar-refractivity contribution in [1.82, 2.24) is 10.3 Å². The van der Waals surface area contributed by atoms with Gasteiger partial charge in [-0.25, -0.2) is 5.01 Å². The third kappa shape index (κ3) is 5.19. The predicted molar refractivity (Wildman–Crippen MR) is 88.1 cm³/mol. The Morgan fingerprint density at radius 1 is 1.29 bits per heavy atom. The maximum atomic E-state index is 12.2. The molecule has 2 N–H and O–H groups in total. The highest BCUT2D eigenvalue weighted by Crippen LogP contribution is 2.14. The lowest BCUT2D eigenvalue weighted by Crippen LogP contribution is -2.42. The quantitative estimate of drug-likeness (QED) is 0.791. The van der Waals surface area contributed by atoms with Crippen molar-refractivity contribution in [3.63, 3.8) is 0 Å². The molecular formula is C17H21N3O4. The van der Waals surface area contributed by atoms with E-state index in [-0.39, 0.29) is 30.7 Å². The van der Waals surface area contributed by atoms with Crippen LogP contribution in [0.5, 0.6) is 0 Å². The standard InChI is InChI=1S/C17H21N3O4/c1-12(7-10-16(22)23)18-17(24)14-8-9-15(21)20(19-14)11-13-5-3-2-4-6-13/h2-6,12H,7-11H2,1H3,(H,18,24)(H,22,23). The molecule has 1 aliphatic heterocycles. The maximum Gasteiger partial charge on any atom is 0.303 e. The molecule has 24 heavy (non-hydrogen) atoms. The molecule has 0 spiro atoms. The number of rotatable bonds is 7. The van der Waals surface area contributed by atoms with Crippen LogP contribution in [-0.2, 0) is 20.9 Å². The Balaban J connectivity index is 1.98. The number of carbonyl (C=O) groups is 3. The van der Waals surface area contributed by atoms with E-state index in [2.05, 4.69) is 10.4 Å². The first-order chi connectivity index (χ1) is 11.5. The number of carboxylic acid groups (broad SMARTS) is 1. The first kappa shape index (κ1) is 17.7. The molecule has 0 saturated carbocycles. The first-order valence-electron chi connectivity index (χ1n) is 7.90. The second kappa shape index (κ2) is 8.24. The summed E-state index contributed by atoms with van der Waals surface area (Å²) in [6.07, 6.45) is 0.873. The van der Waals surface area contributed by atoms with E-state index < -0.39 is 5.97 Å². The lowest BCUT2D eigenvalue weighted by atomic mass is 10.1. The summed E-state index contributed by atoms with van der Waals surface area (Å²) in [7, 11) is 0. The molecule has 0 saturated heterocycles. The molecule has 7 nitrogen and oxygen atoms in total. The van der Waals surface area contributed by atoms with Crippen molar-refractivity contribution in [3.8, 4) is 0 Å². The van der Waals surface area contributed by atoms with Crippen LogP contribution in [-0.4, -0.2) is 39.7 Å². The van der Waals surface area contributed by atoms with E-state index in [4.69, 9.17) is 5.11 Å². The minimum Gasteiger partial charge on any atom is -0.481 e. The van der Waals surface area contributed by atoms with Gasteiger partial charge < -0.3 is 10.4 Å². The fraction of sp³-hybridized carbons (Fsp3) is 0.412. The van der Waals surface area contributed by atoms with Gasteiger partial charge in [0.15, 0.2) is 0 Å². The molecule has 0 aromatic heterocycles. The molecule has 0 aliphatic carbocycles. The van der Waals surface area contributed by atoms with Crippen molar-refractivity contribution >= 4 is 23.5 Å². The van der Waals surface area contributed by atoms with E-state index in [1.54, 1.807) is 6.92 Å². The summed E-state index contributed by atoms with van der Waals surface area (Å²) < 4.78 is 0. The molecule has 0 bridgehead atoms. The lowest BCUT2D eigenvalue weighted by Gasteiger charge is -2.24. The largest absolute Gasteiger partial charge is 0.481 e. The molecule has 0 fully saturated rings. The van der Waals surface area contributed by atoms with Crippen LogP contribution in [0.4, 0.5) is 0 Å². The number of nitrogens with zero attached hydrogens (tertiary/aromatic N) is 2. The molecule has 1 heterocycles. The van der Waals surface area contributed by atoms with Crippen LogP contribution >= 0.6 is 0 Å². The maximum absolute atomic E-state index is 12.2. The van der Waals surface area contributed by atoms with Gasteiger partial charge in [0.05, 0.1) is 6.54 Å². The molecule has 2 rings (SSSR count). The van der Waals surface area contributed by atoms with Crippen LogP contribution in [0.25, 0.3) is 0 Å². The van der Waals surface area contributed by atoms with Crippen molar-refractivity contribution in [2.24, 2.45) is 5.10 Å². The average Bonchev–Trinajstić information content (AvgIpc) is 2.56. The van der Waals surface area contributed by atoms with Gasteiger partial charge in [-0.1, -0.05) is 30.3 Å². The van der Waals surface area contributed by atoms with Gasteiger partial charge in [0.2, 0.25) is 5.91 Å². The van der Waals surface area contributed by atoms with Crippen LogP contribution in [0.3, 0.4) is 0 Å². The number of hydrogen-bond donors (Lipinski definition) is 2. The Kier molecular flexibility index (Phi) is 6.06. The van der Waals surface area contributed by atoms with E-state index in [0.717, 1.165) is 5.56 Å². The molecule has 7 heteroatoms. The Hall–Kier alpha value is -2.70. The number of benzene rings is 1.